The Morgan fingerprint density at radius 1 is 1.08 bits per heavy atom. The van der Waals surface area contributed by atoms with Crippen LogP contribution in [0.3, 0.4) is 0 Å². The highest BCUT2D eigenvalue weighted by atomic mass is 28.4. The van der Waals surface area contributed by atoms with E-state index in [1.165, 1.54) is 0 Å². The average Bonchev–Trinajstić information content (AvgIpc) is 3.78. The molecular formula is C39H46FN5O5Si. The number of fused-ring (bicyclic) bond motifs is 2. The van der Waals surface area contributed by atoms with Gasteiger partial charge in [0.1, 0.15) is 5.75 Å². The number of benzene rings is 3. The van der Waals surface area contributed by atoms with Gasteiger partial charge in [-0.3, -0.25) is 14.3 Å². The van der Waals surface area contributed by atoms with Crippen molar-refractivity contribution in [2.45, 2.75) is 82.0 Å². The molecule has 12 heteroatoms. The molecule has 1 spiro atoms. The number of methoxy groups -OCH3 is 1. The lowest BCUT2D eigenvalue weighted by atomic mass is 9.82. The van der Waals surface area contributed by atoms with E-state index >= 15 is 4.11 Å². The van der Waals surface area contributed by atoms with Crippen molar-refractivity contribution in [1.29, 1.82) is 0 Å². The maximum Gasteiger partial charge on any atom is 0.264 e. The summed E-state index contributed by atoms with van der Waals surface area (Å²) in [6.07, 6.45) is 4.16. The van der Waals surface area contributed by atoms with Gasteiger partial charge >= 0.3 is 0 Å². The molecule has 0 aliphatic carbocycles. The average molecular weight is 712 g/mol. The summed E-state index contributed by atoms with van der Waals surface area (Å²) in [5.74, 6) is -0.245. The normalized spacial score (nSPS) is 24.0. The van der Waals surface area contributed by atoms with Crippen molar-refractivity contribution in [2.75, 3.05) is 30.1 Å². The standard InChI is InChI=1S/C39H46FN5O5Si/c1-26-37(51(3,4)40)35(19-21-43-24-33(41-42-43)31(25-46)28-10-6-5-7-11-28)50-39(26)32-22-30(49-2)17-18-34(32)45(38(39)48)23-27-13-15-29(16-14-27)44-20-9-8-12-36(44)47/h5-7,10-11,13-18,22,24,26,31,35,37,46H,8-9,12,19-21,23,25H2,1-4H3/t26-,31?,35+,37-,39+/m1/s1. The number of aromatic nitrogens is 3. The van der Waals surface area contributed by atoms with Gasteiger partial charge in [0.15, 0.2) is 5.60 Å². The summed E-state index contributed by atoms with van der Waals surface area (Å²) in [4.78, 5) is 30.9. The Labute approximate surface area is 299 Å². The zero-order chi connectivity index (χ0) is 35.9. The number of rotatable bonds is 11. The number of aliphatic hydroxyl groups is 1. The zero-order valence-electron chi connectivity index (χ0n) is 29.7. The van der Waals surface area contributed by atoms with Gasteiger partial charge in [0, 0.05) is 48.4 Å². The molecule has 4 heterocycles. The van der Waals surface area contributed by atoms with E-state index in [9.17, 15) is 14.7 Å². The zero-order valence-corrected chi connectivity index (χ0v) is 30.7. The number of aryl methyl sites for hydroxylation is 1. The molecule has 0 radical (unpaired) electrons. The second-order valence-corrected chi connectivity index (χ2v) is 18.4. The largest absolute Gasteiger partial charge is 0.497 e. The van der Waals surface area contributed by atoms with Gasteiger partial charge in [-0.05, 0) is 73.8 Å². The molecule has 0 bridgehead atoms. The molecule has 3 aliphatic heterocycles. The van der Waals surface area contributed by atoms with E-state index in [0.717, 1.165) is 35.3 Å². The van der Waals surface area contributed by atoms with E-state index in [4.69, 9.17) is 9.47 Å². The molecule has 3 aromatic carbocycles. The van der Waals surface area contributed by atoms with E-state index in [0.29, 0.717) is 49.5 Å². The predicted molar refractivity (Wildman–Crippen MR) is 195 cm³/mol. The third kappa shape index (κ3) is 6.38. The molecule has 51 heavy (non-hydrogen) atoms. The number of nitrogens with zero attached hydrogens (tertiary/aromatic N) is 5. The first-order valence-corrected chi connectivity index (χ1v) is 20.8. The molecule has 2 saturated heterocycles. The number of amides is 2. The van der Waals surface area contributed by atoms with Gasteiger partial charge in [-0.2, -0.15) is 0 Å². The molecule has 4 aromatic rings. The molecule has 0 saturated carbocycles. The highest BCUT2D eigenvalue weighted by Gasteiger charge is 2.66. The summed E-state index contributed by atoms with van der Waals surface area (Å²) >= 11 is 0. The maximum atomic E-state index is 16.4. The van der Waals surface area contributed by atoms with Crippen LogP contribution in [0.5, 0.6) is 5.75 Å². The Balaban J connectivity index is 1.16. The van der Waals surface area contributed by atoms with Crippen LogP contribution in [0.15, 0.2) is 79.0 Å². The fraction of sp³-hybridized carbons (Fsp3) is 0.436. The highest BCUT2D eigenvalue weighted by Crippen LogP contribution is 2.60. The molecule has 3 aliphatic rings. The Morgan fingerprint density at radius 3 is 2.53 bits per heavy atom. The molecule has 7 rings (SSSR count). The summed E-state index contributed by atoms with van der Waals surface area (Å²) < 4.78 is 30.7. The number of ether oxygens (including phenoxy) is 2. The number of piperidine rings is 1. The first-order chi connectivity index (χ1) is 24.5. The number of carbonyl (C=O) groups is 2. The first kappa shape index (κ1) is 35.0. The summed E-state index contributed by atoms with van der Waals surface area (Å²) in [7, 11) is -1.79. The Bertz CT molecular complexity index is 1880. The van der Waals surface area contributed by atoms with Crippen LogP contribution in [0, 0.1) is 5.92 Å². The Morgan fingerprint density at radius 2 is 1.84 bits per heavy atom. The molecule has 1 N–H and O–H groups in total. The van der Waals surface area contributed by atoms with Crippen LogP contribution >= 0.6 is 0 Å². The van der Waals surface area contributed by atoms with E-state index < -0.39 is 31.6 Å². The fourth-order valence-electron chi connectivity index (χ4n) is 8.52. The van der Waals surface area contributed by atoms with E-state index in [1.54, 1.807) is 29.8 Å². The lowest BCUT2D eigenvalue weighted by Crippen LogP contribution is -2.45. The van der Waals surface area contributed by atoms with Crippen molar-refractivity contribution in [3.05, 3.63) is 101 Å². The van der Waals surface area contributed by atoms with Crippen molar-refractivity contribution in [1.82, 2.24) is 15.0 Å². The predicted octanol–water partition coefficient (Wildman–Crippen LogP) is 6.34. The van der Waals surface area contributed by atoms with Gasteiger partial charge in [0.2, 0.25) is 14.3 Å². The van der Waals surface area contributed by atoms with Gasteiger partial charge in [-0.1, -0.05) is 54.6 Å². The van der Waals surface area contributed by atoms with Crippen LogP contribution < -0.4 is 14.5 Å². The van der Waals surface area contributed by atoms with E-state index in [2.05, 4.69) is 10.3 Å². The molecule has 2 amide bonds. The van der Waals surface area contributed by atoms with Crippen LogP contribution in [0.25, 0.3) is 0 Å². The molecule has 1 unspecified atom stereocenters. The van der Waals surface area contributed by atoms with Crippen LogP contribution in [0.2, 0.25) is 18.6 Å². The molecule has 2 fully saturated rings. The minimum Gasteiger partial charge on any atom is -0.497 e. The summed E-state index contributed by atoms with van der Waals surface area (Å²) in [5, 5.41) is 18.9. The smallest absolute Gasteiger partial charge is 0.264 e. The van der Waals surface area contributed by atoms with Crippen LogP contribution in [0.4, 0.5) is 15.5 Å². The Hall–Kier alpha value is -4.39. The van der Waals surface area contributed by atoms with Crippen molar-refractivity contribution in [3.63, 3.8) is 0 Å². The number of carbonyl (C=O) groups excluding carboxylic acids is 2. The minimum absolute atomic E-state index is 0.109. The van der Waals surface area contributed by atoms with Crippen LogP contribution in [-0.2, 0) is 33.0 Å². The van der Waals surface area contributed by atoms with Crippen molar-refractivity contribution < 1.29 is 28.3 Å². The molecule has 1 aromatic heterocycles. The lowest BCUT2D eigenvalue weighted by molar-refractivity contribution is -0.146. The van der Waals surface area contributed by atoms with Crippen molar-refractivity contribution in [3.8, 4) is 5.75 Å². The van der Waals surface area contributed by atoms with E-state index in [-0.39, 0.29) is 24.3 Å². The van der Waals surface area contributed by atoms with E-state index in [1.807, 2.05) is 90.8 Å². The highest BCUT2D eigenvalue weighted by molar-refractivity contribution is 6.72. The number of aliphatic hydroxyl groups excluding tert-OH is 1. The number of hydrogen-bond donors (Lipinski definition) is 1. The van der Waals surface area contributed by atoms with Crippen LogP contribution in [0.1, 0.15) is 60.9 Å². The maximum absolute atomic E-state index is 16.4. The monoisotopic (exact) mass is 711 g/mol. The summed E-state index contributed by atoms with van der Waals surface area (Å²) in [6.45, 7) is 6.65. The number of hydrogen-bond acceptors (Lipinski definition) is 7. The quantitative estimate of drug-likeness (QED) is 0.143. The minimum atomic E-state index is -3.38. The molecular weight excluding hydrogens is 666 g/mol. The third-order valence-corrected chi connectivity index (χ3v) is 13.5. The summed E-state index contributed by atoms with van der Waals surface area (Å²) in [5.41, 5.74) is 2.91. The molecule has 5 atom stereocenters. The van der Waals surface area contributed by atoms with Crippen molar-refractivity contribution in [2.24, 2.45) is 5.92 Å². The topological polar surface area (TPSA) is 110 Å². The van der Waals surface area contributed by atoms with Crippen LogP contribution in [-0.4, -0.2) is 66.7 Å². The first-order valence-electron chi connectivity index (χ1n) is 17.9. The fourth-order valence-corrected chi connectivity index (χ4v) is 11.1. The number of halogens is 1. The SMILES string of the molecule is COc1ccc2c(c1)[C@]1(O[C@@H](CCn3cc(C(CO)c4ccccc4)nn3)[C@H]([Si](C)(C)F)[C@H]1C)C(=O)N2Cc1ccc(N2CCCCC2=O)cc1. The van der Waals surface area contributed by atoms with Crippen molar-refractivity contribution >= 4 is 31.6 Å². The van der Waals surface area contributed by atoms with Gasteiger partial charge in [-0.25, -0.2) is 0 Å². The van der Waals surface area contributed by atoms with Gasteiger partial charge in [-0.15, -0.1) is 5.10 Å². The van der Waals surface area contributed by atoms with Gasteiger partial charge in [0.05, 0.1) is 43.7 Å². The molecule has 268 valence electrons. The van der Waals surface area contributed by atoms with Gasteiger partial charge < -0.3 is 28.5 Å². The second-order valence-electron chi connectivity index (χ2n) is 14.6. The second kappa shape index (κ2) is 14.0. The number of anilines is 2. The molecule has 10 nitrogen and oxygen atoms in total. The van der Waals surface area contributed by atoms with Gasteiger partial charge in [0.25, 0.3) is 5.91 Å². The Kier molecular flexibility index (Phi) is 9.59. The summed E-state index contributed by atoms with van der Waals surface area (Å²) in [6, 6.07) is 23.1. The lowest BCUT2D eigenvalue weighted by Gasteiger charge is -2.31. The third-order valence-electron chi connectivity index (χ3n) is 11.0.